The van der Waals surface area contributed by atoms with Gasteiger partial charge in [0.15, 0.2) is 6.10 Å². The van der Waals surface area contributed by atoms with Gasteiger partial charge in [-0.25, -0.2) is 4.57 Å². The van der Waals surface area contributed by atoms with Crippen molar-refractivity contribution in [3.63, 3.8) is 0 Å². The molecule has 2 atom stereocenters. The second kappa shape index (κ2) is 38.0. The van der Waals surface area contributed by atoms with E-state index in [0.717, 1.165) is 57.8 Å². The van der Waals surface area contributed by atoms with E-state index >= 15 is 0 Å². The Balaban J connectivity index is 4.06. The van der Waals surface area contributed by atoms with E-state index in [1.165, 1.54) is 64.2 Å². The van der Waals surface area contributed by atoms with Crippen LogP contribution in [0.3, 0.4) is 0 Å². The third-order valence-electron chi connectivity index (χ3n) is 8.56. The van der Waals surface area contributed by atoms with Gasteiger partial charge in [0.25, 0.3) is 0 Å². The van der Waals surface area contributed by atoms with Gasteiger partial charge in [-0.2, -0.15) is 0 Å². The molecule has 0 spiro atoms. The molecule has 306 valence electrons. The van der Waals surface area contributed by atoms with Crippen molar-refractivity contribution in [2.75, 3.05) is 13.2 Å². The highest BCUT2D eigenvalue weighted by atomic mass is 31.2. The molecule has 0 aromatic heterocycles. The van der Waals surface area contributed by atoms with E-state index in [1.807, 2.05) is 18.2 Å². The van der Waals surface area contributed by atoms with Gasteiger partial charge in [-0.3, -0.25) is 14.1 Å². The molecule has 0 aliphatic rings. The summed E-state index contributed by atoms with van der Waals surface area (Å²) in [5.41, 5.74) is 0. The number of hydrogen-bond acceptors (Lipinski definition) is 7. The molecule has 0 aliphatic carbocycles. The first-order valence-corrected chi connectivity index (χ1v) is 22.2. The van der Waals surface area contributed by atoms with Gasteiger partial charge in [0.1, 0.15) is 6.61 Å². The van der Waals surface area contributed by atoms with Crippen LogP contribution in [0.2, 0.25) is 0 Å². The van der Waals surface area contributed by atoms with Crippen LogP contribution in [-0.4, -0.2) is 52.3 Å². The maximum absolute atomic E-state index is 12.4. The van der Waals surface area contributed by atoms with Crippen molar-refractivity contribution in [3.8, 4) is 0 Å². The molecular formula is C43H75O9P. The molecule has 0 aromatic rings. The van der Waals surface area contributed by atoms with Crippen LogP contribution < -0.4 is 0 Å². The first kappa shape index (κ1) is 50.7. The van der Waals surface area contributed by atoms with E-state index in [1.54, 1.807) is 0 Å². The number of esters is 2. The number of aliphatic hydroxyl groups is 1. The molecule has 0 heterocycles. The average Bonchev–Trinajstić information content (AvgIpc) is 3.12. The summed E-state index contributed by atoms with van der Waals surface area (Å²) in [5, 5.41) is 9.70. The van der Waals surface area contributed by atoms with Crippen LogP contribution in [0, 0.1) is 0 Å². The minimum absolute atomic E-state index is 0.118. The maximum Gasteiger partial charge on any atom is 0.469 e. The van der Waals surface area contributed by atoms with Crippen molar-refractivity contribution in [1.29, 1.82) is 0 Å². The zero-order chi connectivity index (χ0) is 39.1. The number of carbonyl (C=O) groups excluding carboxylic acids is 2. The van der Waals surface area contributed by atoms with Crippen LogP contribution in [0.1, 0.15) is 174 Å². The minimum Gasteiger partial charge on any atom is -0.462 e. The molecule has 0 fully saturated rings. The highest BCUT2D eigenvalue weighted by Gasteiger charge is 2.22. The highest BCUT2D eigenvalue weighted by Crippen LogP contribution is 2.36. The van der Waals surface area contributed by atoms with Crippen molar-refractivity contribution in [1.82, 2.24) is 0 Å². The standard InChI is InChI=1S/C43H75O9P/c1-3-5-6-7-8-9-10-11-12-13-14-17-20-23-26-29-32-36-42(45)50-38-41(39-51-53(47,48)49)52-43(46)37-33-30-27-24-21-18-15-16-19-22-25-28-31-35-40(44)34-4-2/h11-12,15,18-19,22,24,27-28,31,40-41,44H,3-10,13-14,16-17,20-21,23,25-26,29-30,32-39H2,1-2H3,(H2,47,48,49)/b12-11-,18-15-,22-19-,27-24-,31-28-/t40?,41-/m1/s1. The minimum atomic E-state index is -4.78. The van der Waals surface area contributed by atoms with E-state index < -0.39 is 32.5 Å². The lowest BCUT2D eigenvalue weighted by molar-refractivity contribution is -0.161. The summed E-state index contributed by atoms with van der Waals surface area (Å²) < 4.78 is 26.3. The summed E-state index contributed by atoms with van der Waals surface area (Å²) >= 11 is 0. The molecule has 0 aromatic carbocycles. The smallest absolute Gasteiger partial charge is 0.462 e. The molecule has 0 saturated heterocycles. The predicted octanol–water partition coefficient (Wildman–Crippen LogP) is 11.5. The molecule has 0 aliphatic heterocycles. The Labute approximate surface area is 322 Å². The Kier molecular flexibility index (Phi) is 36.4. The van der Waals surface area contributed by atoms with Crippen LogP contribution >= 0.6 is 7.82 Å². The molecule has 0 rings (SSSR count). The topological polar surface area (TPSA) is 140 Å². The number of unbranched alkanes of at least 4 members (excludes halogenated alkanes) is 14. The molecule has 10 heteroatoms. The van der Waals surface area contributed by atoms with Gasteiger partial charge in [0.2, 0.25) is 0 Å². The second-order valence-corrected chi connectivity index (χ2v) is 15.0. The van der Waals surface area contributed by atoms with Gasteiger partial charge in [0, 0.05) is 12.8 Å². The number of aliphatic hydroxyl groups excluding tert-OH is 1. The van der Waals surface area contributed by atoms with Gasteiger partial charge >= 0.3 is 19.8 Å². The Hall–Kier alpha value is -2.29. The maximum atomic E-state index is 12.4. The number of carbonyl (C=O) groups is 2. The normalized spacial score (nSPS) is 13.7. The fourth-order valence-electron chi connectivity index (χ4n) is 5.49. The molecule has 3 N–H and O–H groups in total. The second-order valence-electron chi connectivity index (χ2n) is 13.8. The average molecular weight is 767 g/mol. The fraction of sp³-hybridized carbons (Fsp3) is 0.721. The van der Waals surface area contributed by atoms with Gasteiger partial charge < -0.3 is 24.4 Å². The summed E-state index contributed by atoms with van der Waals surface area (Å²) in [6.07, 6.45) is 44.3. The third-order valence-corrected chi connectivity index (χ3v) is 9.05. The molecule has 53 heavy (non-hydrogen) atoms. The van der Waals surface area contributed by atoms with Crippen molar-refractivity contribution in [2.24, 2.45) is 0 Å². The Morgan fingerprint density at radius 3 is 1.60 bits per heavy atom. The fourth-order valence-corrected chi connectivity index (χ4v) is 5.85. The summed E-state index contributed by atoms with van der Waals surface area (Å²) in [7, 11) is -4.78. The van der Waals surface area contributed by atoms with Crippen LogP contribution in [0.25, 0.3) is 0 Å². The third kappa shape index (κ3) is 40.7. The lowest BCUT2D eigenvalue weighted by Crippen LogP contribution is -2.29. The van der Waals surface area contributed by atoms with Gasteiger partial charge in [-0.1, -0.05) is 145 Å². The lowest BCUT2D eigenvalue weighted by atomic mass is 10.1. The monoisotopic (exact) mass is 767 g/mol. The van der Waals surface area contributed by atoms with Crippen molar-refractivity contribution >= 4 is 19.8 Å². The predicted molar refractivity (Wildman–Crippen MR) is 217 cm³/mol. The quantitative estimate of drug-likeness (QED) is 0.0244. The largest absolute Gasteiger partial charge is 0.469 e. The molecule has 1 unspecified atom stereocenters. The van der Waals surface area contributed by atoms with E-state index in [9.17, 15) is 19.3 Å². The number of allylic oxidation sites excluding steroid dienone is 9. The number of ether oxygens (including phenoxy) is 2. The van der Waals surface area contributed by atoms with E-state index in [-0.39, 0.29) is 25.6 Å². The van der Waals surface area contributed by atoms with Gasteiger partial charge in [0.05, 0.1) is 12.7 Å². The van der Waals surface area contributed by atoms with Crippen LogP contribution in [-0.2, 0) is 28.2 Å². The van der Waals surface area contributed by atoms with Crippen LogP contribution in [0.15, 0.2) is 60.8 Å². The summed E-state index contributed by atoms with van der Waals surface area (Å²) in [4.78, 5) is 42.8. The summed E-state index contributed by atoms with van der Waals surface area (Å²) in [6, 6.07) is 0. The molecule has 0 radical (unpaired) electrons. The number of phosphoric ester groups is 1. The molecule has 0 saturated carbocycles. The first-order valence-electron chi connectivity index (χ1n) is 20.7. The first-order chi connectivity index (χ1) is 25.7. The van der Waals surface area contributed by atoms with E-state index in [2.05, 4.69) is 60.9 Å². The highest BCUT2D eigenvalue weighted by molar-refractivity contribution is 7.46. The Morgan fingerprint density at radius 2 is 1.04 bits per heavy atom. The number of rotatable bonds is 37. The summed E-state index contributed by atoms with van der Waals surface area (Å²) in [6.45, 7) is 3.43. The Morgan fingerprint density at radius 1 is 0.566 bits per heavy atom. The zero-order valence-corrected chi connectivity index (χ0v) is 34.2. The Bertz CT molecular complexity index is 1060. The number of hydrogen-bond donors (Lipinski definition) is 3. The zero-order valence-electron chi connectivity index (χ0n) is 33.3. The molecule has 9 nitrogen and oxygen atoms in total. The molecule has 0 amide bonds. The number of phosphoric acid groups is 1. The summed E-state index contributed by atoms with van der Waals surface area (Å²) in [5.74, 6) is -0.978. The van der Waals surface area contributed by atoms with Crippen molar-refractivity contribution in [3.05, 3.63) is 60.8 Å². The van der Waals surface area contributed by atoms with E-state index in [0.29, 0.717) is 25.7 Å². The van der Waals surface area contributed by atoms with Crippen LogP contribution in [0.5, 0.6) is 0 Å². The van der Waals surface area contributed by atoms with Crippen LogP contribution in [0.4, 0.5) is 0 Å². The van der Waals surface area contributed by atoms with Crippen molar-refractivity contribution in [2.45, 2.75) is 187 Å². The van der Waals surface area contributed by atoms with E-state index in [4.69, 9.17) is 19.3 Å². The lowest BCUT2D eigenvalue weighted by Gasteiger charge is -2.18. The molecule has 0 bridgehead atoms. The molecular weight excluding hydrogens is 691 g/mol. The SMILES string of the molecule is CCCCCCCC/C=C\CCCCCCCCCC(=O)OC[C@H](COP(=O)(O)O)OC(=O)CCC/C=C\C/C=C\C/C=C\C/C=C\CC(O)CCC. The van der Waals surface area contributed by atoms with Crippen molar-refractivity contribution < 1.29 is 43.0 Å². The van der Waals surface area contributed by atoms with Gasteiger partial charge in [-0.05, 0) is 77.0 Å². The van der Waals surface area contributed by atoms with Gasteiger partial charge in [-0.15, -0.1) is 0 Å².